The van der Waals surface area contributed by atoms with Crippen molar-refractivity contribution in [3.8, 4) is 17.6 Å². The second-order valence-electron chi connectivity index (χ2n) is 7.07. The number of benzene rings is 2. The maximum absolute atomic E-state index is 13.0. The van der Waals surface area contributed by atoms with Crippen LogP contribution in [-0.2, 0) is 11.4 Å². The highest BCUT2D eigenvalue weighted by Crippen LogP contribution is 2.30. The largest absolute Gasteiger partial charge is 0.493 e. The van der Waals surface area contributed by atoms with E-state index in [4.69, 9.17) is 9.47 Å². The Labute approximate surface area is 158 Å². The van der Waals surface area contributed by atoms with Crippen LogP contribution in [0.4, 0.5) is 4.39 Å². The molecule has 0 saturated heterocycles. The van der Waals surface area contributed by atoms with Crippen molar-refractivity contribution in [1.29, 1.82) is 5.26 Å². The first kappa shape index (κ1) is 20.2. The summed E-state index contributed by atoms with van der Waals surface area (Å²) in [5.74, 6) is 0.470. The third-order valence-electron chi connectivity index (χ3n) is 3.85. The van der Waals surface area contributed by atoms with Gasteiger partial charge in [-0.1, -0.05) is 39.0 Å². The summed E-state index contributed by atoms with van der Waals surface area (Å²) in [5, 5.41) is 9.31. The molecule has 5 heteroatoms. The lowest BCUT2D eigenvalue weighted by molar-refractivity contribution is -0.121. The Bertz CT molecular complexity index is 887. The van der Waals surface area contributed by atoms with Gasteiger partial charge in [0, 0.05) is 5.41 Å². The Hall–Kier alpha value is -3.13. The quantitative estimate of drug-likeness (QED) is 0.536. The molecule has 0 bridgehead atoms. The van der Waals surface area contributed by atoms with Crippen molar-refractivity contribution < 1.29 is 18.7 Å². The van der Waals surface area contributed by atoms with Gasteiger partial charge in [-0.25, -0.2) is 4.39 Å². The van der Waals surface area contributed by atoms with Gasteiger partial charge in [0.1, 0.15) is 18.5 Å². The fourth-order valence-corrected chi connectivity index (χ4v) is 2.35. The van der Waals surface area contributed by atoms with Crippen LogP contribution in [0.15, 0.2) is 48.0 Å². The van der Waals surface area contributed by atoms with Gasteiger partial charge in [0.2, 0.25) is 0 Å². The molecule has 0 atom stereocenters. The number of ether oxygens (including phenoxy) is 2. The molecule has 0 N–H and O–H groups in total. The predicted molar refractivity (Wildman–Crippen MR) is 102 cm³/mol. The van der Waals surface area contributed by atoms with E-state index >= 15 is 0 Å². The summed E-state index contributed by atoms with van der Waals surface area (Å²) >= 11 is 0. The van der Waals surface area contributed by atoms with Gasteiger partial charge in [-0.15, -0.1) is 0 Å². The highest BCUT2D eigenvalue weighted by Gasteiger charge is 2.25. The summed E-state index contributed by atoms with van der Waals surface area (Å²) in [6, 6.07) is 13.2. The zero-order valence-electron chi connectivity index (χ0n) is 15.9. The third-order valence-corrected chi connectivity index (χ3v) is 3.85. The highest BCUT2D eigenvalue weighted by molar-refractivity contribution is 6.06. The molecule has 140 valence electrons. The monoisotopic (exact) mass is 367 g/mol. The number of hydrogen-bond acceptors (Lipinski definition) is 4. The summed E-state index contributed by atoms with van der Waals surface area (Å²) < 4.78 is 24.1. The molecule has 0 spiro atoms. The van der Waals surface area contributed by atoms with Crippen LogP contribution < -0.4 is 9.47 Å². The van der Waals surface area contributed by atoms with Crippen LogP contribution in [0.2, 0.25) is 0 Å². The molecular formula is C22H22FNO3. The van der Waals surface area contributed by atoms with Gasteiger partial charge in [0.15, 0.2) is 17.3 Å². The molecule has 4 nitrogen and oxygen atoms in total. The Balaban J connectivity index is 2.22. The van der Waals surface area contributed by atoms with Crippen LogP contribution >= 0.6 is 0 Å². The minimum atomic E-state index is -0.635. The second kappa shape index (κ2) is 8.50. The van der Waals surface area contributed by atoms with Crippen molar-refractivity contribution in [2.24, 2.45) is 5.41 Å². The number of ketones is 1. The molecule has 2 rings (SSSR count). The number of methoxy groups -OCH3 is 1. The summed E-state index contributed by atoms with van der Waals surface area (Å²) in [6.07, 6.45) is 1.54. The average Bonchev–Trinajstić information content (AvgIpc) is 2.64. The average molecular weight is 367 g/mol. The van der Waals surface area contributed by atoms with E-state index in [-0.39, 0.29) is 23.8 Å². The molecule has 0 saturated carbocycles. The van der Waals surface area contributed by atoms with Crippen molar-refractivity contribution in [1.82, 2.24) is 0 Å². The van der Waals surface area contributed by atoms with Gasteiger partial charge in [0.05, 0.1) is 12.7 Å². The SMILES string of the molecule is COc1cc(/C=C(/C#N)C(=O)C(C)(C)C)ccc1OCc1ccc(F)cc1. The van der Waals surface area contributed by atoms with Gasteiger partial charge in [-0.05, 0) is 41.5 Å². The minimum Gasteiger partial charge on any atom is -0.493 e. The van der Waals surface area contributed by atoms with Crippen LogP contribution in [0.3, 0.4) is 0 Å². The first-order valence-corrected chi connectivity index (χ1v) is 8.46. The molecule has 0 unspecified atom stereocenters. The normalized spacial score (nSPS) is 11.6. The van der Waals surface area contributed by atoms with Crippen molar-refractivity contribution in [3.63, 3.8) is 0 Å². The topological polar surface area (TPSA) is 59.3 Å². The molecular weight excluding hydrogens is 345 g/mol. The van der Waals surface area contributed by atoms with Crippen molar-refractivity contribution in [2.75, 3.05) is 7.11 Å². The van der Waals surface area contributed by atoms with E-state index < -0.39 is 5.41 Å². The molecule has 0 aromatic heterocycles. The van der Waals surface area contributed by atoms with Crippen LogP contribution in [-0.4, -0.2) is 12.9 Å². The summed E-state index contributed by atoms with van der Waals surface area (Å²) in [4.78, 5) is 12.3. The molecule has 2 aromatic carbocycles. The minimum absolute atomic E-state index is 0.0875. The number of carbonyl (C=O) groups is 1. The van der Waals surface area contributed by atoms with Gasteiger partial charge in [-0.2, -0.15) is 5.26 Å². The predicted octanol–water partition coefficient (Wildman–Crippen LogP) is 4.94. The maximum atomic E-state index is 13.0. The number of allylic oxidation sites excluding steroid dienone is 1. The van der Waals surface area contributed by atoms with Gasteiger partial charge < -0.3 is 9.47 Å². The summed E-state index contributed by atoms with van der Waals surface area (Å²) in [6.45, 7) is 5.58. The zero-order chi connectivity index (χ0) is 20.0. The Morgan fingerprint density at radius 1 is 1.15 bits per heavy atom. The van der Waals surface area contributed by atoms with Crippen LogP contribution in [0.5, 0.6) is 11.5 Å². The number of halogens is 1. The number of nitrogens with zero attached hydrogens (tertiary/aromatic N) is 1. The lowest BCUT2D eigenvalue weighted by atomic mass is 9.86. The molecule has 0 radical (unpaired) electrons. The number of nitriles is 1. The lowest BCUT2D eigenvalue weighted by Crippen LogP contribution is -2.21. The fraction of sp³-hybridized carbons (Fsp3) is 0.273. The Kier molecular flexibility index (Phi) is 6.36. The Morgan fingerprint density at radius 3 is 2.37 bits per heavy atom. The van der Waals surface area contributed by atoms with Crippen molar-refractivity contribution >= 4 is 11.9 Å². The fourth-order valence-electron chi connectivity index (χ4n) is 2.35. The standard InChI is InChI=1S/C22H22FNO3/c1-22(2,3)21(25)17(13-24)11-16-7-10-19(20(12-16)26-4)27-14-15-5-8-18(23)9-6-15/h5-12H,14H2,1-4H3/b17-11-. The maximum Gasteiger partial charge on any atom is 0.178 e. The number of Topliss-reactive ketones (excluding diaryl/α,β-unsaturated/α-hetero) is 1. The van der Waals surface area contributed by atoms with Crippen molar-refractivity contribution in [3.05, 3.63) is 65.0 Å². The molecule has 0 amide bonds. The molecule has 2 aromatic rings. The summed E-state index contributed by atoms with van der Waals surface area (Å²) in [7, 11) is 1.51. The molecule has 0 heterocycles. The smallest absolute Gasteiger partial charge is 0.178 e. The molecule has 0 aliphatic heterocycles. The van der Waals surface area contributed by atoms with Gasteiger partial charge >= 0.3 is 0 Å². The molecule has 27 heavy (non-hydrogen) atoms. The van der Waals surface area contributed by atoms with E-state index in [2.05, 4.69) is 0 Å². The number of hydrogen-bond donors (Lipinski definition) is 0. The number of rotatable bonds is 6. The van der Waals surface area contributed by atoms with E-state index in [0.717, 1.165) is 5.56 Å². The van der Waals surface area contributed by atoms with Crippen LogP contribution in [0, 0.1) is 22.6 Å². The first-order valence-electron chi connectivity index (χ1n) is 8.46. The zero-order valence-corrected chi connectivity index (χ0v) is 15.9. The van der Waals surface area contributed by atoms with E-state index in [1.807, 2.05) is 6.07 Å². The van der Waals surface area contributed by atoms with E-state index in [1.165, 1.54) is 19.2 Å². The van der Waals surface area contributed by atoms with Crippen LogP contribution in [0.1, 0.15) is 31.9 Å². The molecule has 0 aliphatic rings. The molecule has 0 aliphatic carbocycles. The highest BCUT2D eigenvalue weighted by atomic mass is 19.1. The van der Waals surface area contributed by atoms with E-state index in [1.54, 1.807) is 57.2 Å². The molecule has 0 fully saturated rings. The number of carbonyl (C=O) groups excluding carboxylic acids is 1. The van der Waals surface area contributed by atoms with Gasteiger partial charge in [-0.3, -0.25) is 4.79 Å². The third kappa shape index (κ3) is 5.42. The lowest BCUT2D eigenvalue weighted by Gasteiger charge is -2.15. The second-order valence-corrected chi connectivity index (χ2v) is 7.07. The first-order chi connectivity index (χ1) is 12.7. The summed E-state index contributed by atoms with van der Waals surface area (Å²) in [5.41, 5.74) is 0.939. The van der Waals surface area contributed by atoms with Crippen LogP contribution in [0.25, 0.3) is 6.08 Å². The van der Waals surface area contributed by atoms with E-state index in [9.17, 15) is 14.4 Å². The van der Waals surface area contributed by atoms with Gasteiger partial charge in [0.25, 0.3) is 0 Å². The van der Waals surface area contributed by atoms with Crippen molar-refractivity contribution in [2.45, 2.75) is 27.4 Å². The van der Waals surface area contributed by atoms with E-state index in [0.29, 0.717) is 17.1 Å². The Morgan fingerprint density at radius 2 is 1.81 bits per heavy atom.